The first-order chi connectivity index (χ1) is 9.82. The molecule has 0 aliphatic carbocycles. The van der Waals surface area contributed by atoms with Crippen molar-refractivity contribution in [1.29, 1.82) is 0 Å². The van der Waals surface area contributed by atoms with Crippen LogP contribution >= 0.6 is 11.8 Å². The Morgan fingerprint density at radius 3 is 2.43 bits per heavy atom. The highest BCUT2D eigenvalue weighted by atomic mass is 32.2. The summed E-state index contributed by atoms with van der Waals surface area (Å²) >= 11 is 1.20. The summed E-state index contributed by atoms with van der Waals surface area (Å²) in [6.45, 7) is 6.27. The molecule has 1 unspecified atom stereocenters. The molecule has 1 aromatic rings. The van der Waals surface area contributed by atoms with E-state index in [2.05, 4.69) is 0 Å². The Balaban J connectivity index is 2.55. The van der Waals surface area contributed by atoms with Crippen molar-refractivity contribution in [3.63, 3.8) is 0 Å². The van der Waals surface area contributed by atoms with E-state index in [9.17, 15) is 9.59 Å². The molecule has 1 atom stereocenters. The van der Waals surface area contributed by atoms with E-state index in [4.69, 9.17) is 5.11 Å². The second kappa shape index (κ2) is 8.08. The largest absolute Gasteiger partial charge is 0.480 e. The highest BCUT2D eigenvalue weighted by molar-refractivity contribution is 8.01. The molecule has 5 heteroatoms. The van der Waals surface area contributed by atoms with Gasteiger partial charge in [-0.3, -0.25) is 9.59 Å². The van der Waals surface area contributed by atoms with Gasteiger partial charge in [-0.2, -0.15) is 0 Å². The molecular formula is C16H23NO3S. The van der Waals surface area contributed by atoms with Crippen LogP contribution in [-0.4, -0.2) is 39.9 Å². The lowest BCUT2D eigenvalue weighted by atomic mass is 10.1. The van der Waals surface area contributed by atoms with Crippen molar-refractivity contribution in [3.8, 4) is 0 Å². The Kier molecular flexibility index (Phi) is 6.75. The number of aryl methyl sites for hydroxylation is 1. The number of carbonyl (C=O) groups excluding carboxylic acids is 1. The van der Waals surface area contributed by atoms with E-state index < -0.39 is 11.2 Å². The van der Waals surface area contributed by atoms with Gasteiger partial charge in [-0.05, 0) is 24.0 Å². The van der Waals surface area contributed by atoms with E-state index in [1.54, 1.807) is 11.9 Å². The molecule has 1 rings (SSSR count). The lowest BCUT2D eigenvalue weighted by Crippen LogP contribution is -2.31. The summed E-state index contributed by atoms with van der Waals surface area (Å²) in [4.78, 5) is 24.9. The first-order valence-corrected chi connectivity index (χ1v) is 8.00. The molecule has 1 amide bonds. The van der Waals surface area contributed by atoms with Crippen molar-refractivity contribution >= 4 is 23.6 Å². The lowest BCUT2D eigenvalue weighted by Gasteiger charge is -2.20. The summed E-state index contributed by atoms with van der Waals surface area (Å²) in [5.41, 5.74) is 2.26. The fourth-order valence-corrected chi connectivity index (χ4v) is 3.02. The average molecular weight is 309 g/mol. The van der Waals surface area contributed by atoms with Crippen LogP contribution in [0.25, 0.3) is 0 Å². The minimum absolute atomic E-state index is 0.00183. The van der Waals surface area contributed by atoms with Crippen molar-refractivity contribution in [1.82, 2.24) is 4.90 Å². The molecule has 0 saturated carbocycles. The Bertz CT molecular complexity index is 502. The molecule has 0 radical (unpaired) electrons. The number of thioether (sulfide) groups is 1. The Morgan fingerprint density at radius 2 is 1.90 bits per heavy atom. The number of benzene rings is 1. The van der Waals surface area contributed by atoms with Crippen molar-refractivity contribution in [2.75, 3.05) is 12.8 Å². The smallest absolute Gasteiger partial charge is 0.316 e. The first-order valence-electron chi connectivity index (χ1n) is 6.95. The van der Waals surface area contributed by atoms with Gasteiger partial charge in [0, 0.05) is 13.6 Å². The average Bonchev–Trinajstić information content (AvgIpc) is 2.40. The SMILES string of the molecule is Cc1ccccc1CN(C)C(=O)CSC(C(=O)O)C(C)C. The highest BCUT2D eigenvalue weighted by Crippen LogP contribution is 2.20. The Morgan fingerprint density at radius 1 is 1.29 bits per heavy atom. The van der Waals surface area contributed by atoms with Crippen LogP contribution in [0.5, 0.6) is 0 Å². The van der Waals surface area contributed by atoms with Gasteiger partial charge in [-0.1, -0.05) is 38.1 Å². The van der Waals surface area contributed by atoms with Gasteiger partial charge < -0.3 is 10.0 Å². The van der Waals surface area contributed by atoms with Crippen LogP contribution in [0.2, 0.25) is 0 Å². The molecule has 0 saturated heterocycles. The van der Waals surface area contributed by atoms with Crippen molar-refractivity contribution in [3.05, 3.63) is 35.4 Å². The zero-order valence-electron chi connectivity index (χ0n) is 13.0. The standard InChI is InChI=1S/C16H23NO3S/c1-11(2)15(16(19)20)21-10-14(18)17(4)9-13-8-6-5-7-12(13)3/h5-8,11,15H,9-10H2,1-4H3,(H,19,20). The third-order valence-electron chi connectivity index (χ3n) is 3.33. The van der Waals surface area contributed by atoms with Crippen LogP contribution in [-0.2, 0) is 16.1 Å². The minimum atomic E-state index is -0.857. The molecule has 0 bridgehead atoms. The number of aliphatic carboxylic acids is 1. The molecule has 0 heterocycles. The number of rotatable bonds is 7. The third-order valence-corrected chi connectivity index (χ3v) is 4.85. The molecule has 0 aliphatic heterocycles. The van der Waals surface area contributed by atoms with E-state index in [1.807, 2.05) is 45.0 Å². The molecule has 1 aromatic carbocycles. The fraction of sp³-hybridized carbons (Fsp3) is 0.500. The summed E-state index contributed by atoms with van der Waals surface area (Å²) in [5.74, 6) is -0.709. The van der Waals surface area contributed by atoms with E-state index >= 15 is 0 Å². The third kappa shape index (κ3) is 5.42. The summed E-state index contributed by atoms with van der Waals surface area (Å²) < 4.78 is 0. The maximum Gasteiger partial charge on any atom is 0.316 e. The van der Waals surface area contributed by atoms with Gasteiger partial charge in [-0.15, -0.1) is 11.8 Å². The Labute approximate surface area is 130 Å². The first kappa shape index (κ1) is 17.6. The highest BCUT2D eigenvalue weighted by Gasteiger charge is 2.23. The zero-order chi connectivity index (χ0) is 16.0. The Hall–Kier alpha value is -1.49. The fourth-order valence-electron chi connectivity index (χ4n) is 1.95. The predicted molar refractivity (Wildman–Crippen MR) is 86.4 cm³/mol. The van der Waals surface area contributed by atoms with Crippen LogP contribution in [0.1, 0.15) is 25.0 Å². The van der Waals surface area contributed by atoms with Gasteiger partial charge in [0.25, 0.3) is 0 Å². The number of carboxylic acid groups (broad SMARTS) is 1. The number of amides is 1. The van der Waals surface area contributed by atoms with Gasteiger partial charge in [0.1, 0.15) is 5.25 Å². The van der Waals surface area contributed by atoms with Crippen molar-refractivity contribution in [2.45, 2.75) is 32.6 Å². The van der Waals surface area contributed by atoms with Gasteiger partial charge in [0.05, 0.1) is 5.75 Å². The number of carbonyl (C=O) groups is 2. The summed E-state index contributed by atoms with van der Waals surface area (Å²) in [6.07, 6.45) is 0. The summed E-state index contributed by atoms with van der Waals surface area (Å²) in [5, 5.41) is 8.58. The molecule has 4 nitrogen and oxygen atoms in total. The maximum absolute atomic E-state index is 12.1. The molecule has 21 heavy (non-hydrogen) atoms. The lowest BCUT2D eigenvalue weighted by molar-refractivity contribution is -0.137. The van der Waals surface area contributed by atoms with E-state index in [-0.39, 0.29) is 17.6 Å². The van der Waals surface area contributed by atoms with E-state index in [0.29, 0.717) is 6.54 Å². The quantitative estimate of drug-likeness (QED) is 0.841. The number of hydrogen-bond donors (Lipinski definition) is 1. The molecule has 116 valence electrons. The minimum Gasteiger partial charge on any atom is -0.480 e. The summed E-state index contributed by atoms with van der Waals surface area (Å²) in [6, 6.07) is 7.94. The van der Waals surface area contributed by atoms with Crippen LogP contribution in [0.15, 0.2) is 24.3 Å². The van der Waals surface area contributed by atoms with Crippen molar-refractivity contribution < 1.29 is 14.7 Å². The van der Waals surface area contributed by atoms with Gasteiger partial charge >= 0.3 is 5.97 Å². The van der Waals surface area contributed by atoms with Crippen LogP contribution < -0.4 is 0 Å². The van der Waals surface area contributed by atoms with Gasteiger partial charge in [0.2, 0.25) is 5.91 Å². The number of nitrogens with zero attached hydrogens (tertiary/aromatic N) is 1. The number of carboxylic acids is 1. The van der Waals surface area contributed by atoms with Crippen LogP contribution in [0.3, 0.4) is 0 Å². The van der Waals surface area contributed by atoms with Crippen molar-refractivity contribution in [2.24, 2.45) is 5.92 Å². The molecule has 0 aliphatic rings. The maximum atomic E-state index is 12.1. The normalized spacial score (nSPS) is 12.2. The predicted octanol–water partition coefficient (Wildman–Crippen LogP) is 2.80. The molecule has 0 aromatic heterocycles. The zero-order valence-corrected chi connectivity index (χ0v) is 13.8. The molecule has 1 N–H and O–H groups in total. The van der Waals surface area contributed by atoms with Gasteiger partial charge in [0.15, 0.2) is 0 Å². The van der Waals surface area contributed by atoms with Crippen LogP contribution in [0.4, 0.5) is 0 Å². The number of hydrogen-bond acceptors (Lipinski definition) is 3. The second-order valence-electron chi connectivity index (χ2n) is 5.49. The summed E-state index contributed by atoms with van der Waals surface area (Å²) in [7, 11) is 1.75. The van der Waals surface area contributed by atoms with E-state index in [0.717, 1.165) is 11.1 Å². The van der Waals surface area contributed by atoms with E-state index in [1.165, 1.54) is 11.8 Å². The van der Waals surface area contributed by atoms with Gasteiger partial charge in [-0.25, -0.2) is 0 Å². The molecule has 0 spiro atoms. The van der Waals surface area contributed by atoms with Crippen LogP contribution in [0, 0.1) is 12.8 Å². The molecule has 0 fully saturated rings. The molecular weight excluding hydrogens is 286 g/mol. The monoisotopic (exact) mass is 309 g/mol. The second-order valence-corrected chi connectivity index (χ2v) is 6.62. The topological polar surface area (TPSA) is 57.6 Å².